The molecule has 14 heavy (non-hydrogen) atoms. The predicted octanol–water partition coefficient (Wildman–Crippen LogP) is 0.768. The minimum atomic E-state index is -1.73. The monoisotopic (exact) mass is 195 g/mol. The molecule has 0 aromatic carbocycles. The summed E-state index contributed by atoms with van der Waals surface area (Å²) in [5, 5.41) is 18.3. The molecule has 1 aromatic rings. The number of carboxylic acid groups (broad SMARTS) is 1. The third kappa shape index (κ3) is 2.29. The topological polar surface area (TPSA) is 70.4 Å². The third-order valence-electron chi connectivity index (χ3n) is 2.14. The largest absolute Gasteiger partial charge is 0.479 e. The molecule has 1 heterocycles. The van der Waals surface area contributed by atoms with E-state index in [-0.39, 0.29) is 6.42 Å². The van der Waals surface area contributed by atoms with Crippen molar-refractivity contribution < 1.29 is 15.0 Å². The minimum Gasteiger partial charge on any atom is -0.479 e. The Bertz CT molecular complexity index is 347. The van der Waals surface area contributed by atoms with Gasteiger partial charge in [0.2, 0.25) is 0 Å². The highest BCUT2D eigenvalue weighted by Crippen LogP contribution is 2.15. The van der Waals surface area contributed by atoms with Crippen LogP contribution in [0.2, 0.25) is 0 Å². The zero-order valence-electron chi connectivity index (χ0n) is 8.19. The van der Waals surface area contributed by atoms with Gasteiger partial charge in [0.1, 0.15) is 0 Å². The maximum Gasteiger partial charge on any atom is 0.335 e. The van der Waals surface area contributed by atoms with Crippen molar-refractivity contribution >= 4 is 5.97 Å². The van der Waals surface area contributed by atoms with E-state index in [2.05, 4.69) is 4.98 Å². The van der Waals surface area contributed by atoms with E-state index < -0.39 is 11.6 Å². The molecule has 0 aliphatic carbocycles. The standard InChI is InChI=1S/C10H13NO3/c1-7-3-4-11-6-8(7)5-10(2,14)9(12)13/h3-4,6,14H,5H2,1-2H3,(H,12,13). The summed E-state index contributed by atoms with van der Waals surface area (Å²) in [5.41, 5.74) is -0.0465. The number of hydrogen-bond donors (Lipinski definition) is 2. The van der Waals surface area contributed by atoms with Crippen LogP contribution in [0.15, 0.2) is 18.5 Å². The lowest BCUT2D eigenvalue weighted by atomic mass is 9.95. The van der Waals surface area contributed by atoms with Crippen molar-refractivity contribution in [2.45, 2.75) is 25.9 Å². The molecule has 1 aromatic heterocycles. The van der Waals surface area contributed by atoms with Crippen LogP contribution in [0, 0.1) is 6.92 Å². The average Bonchev–Trinajstić information content (AvgIpc) is 2.08. The number of carboxylic acids is 1. The Kier molecular flexibility index (Phi) is 2.86. The number of rotatable bonds is 3. The molecule has 0 aliphatic heterocycles. The van der Waals surface area contributed by atoms with E-state index in [0.29, 0.717) is 0 Å². The predicted molar refractivity (Wildman–Crippen MR) is 50.9 cm³/mol. The van der Waals surface area contributed by atoms with E-state index in [0.717, 1.165) is 11.1 Å². The van der Waals surface area contributed by atoms with Gasteiger partial charge in [-0.25, -0.2) is 4.79 Å². The van der Waals surface area contributed by atoms with Gasteiger partial charge in [-0.2, -0.15) is 0 Å². The maximum absolute atomic E-state index is 10.7. The Balaban J connectivity index is 2.89. The van der Waals surface area contributed by atoms with Gasteiger partial charge in [-0.1, -0.05) is 0 Å². The second kappa shape index (κ2) is 3.75. The third-order valence-corrected chi connectivity index (χ3v) is 2.14. The normalized spacial score (nSPS) is 14.8. The van der Waals surface area contributed by atoms with Crippen LogP contribution >= 0.6 is 0 Å². The lowest BCUT2D eigenvalue weighted by Gasteiger charge is -2.18. The van der Waals surface area contributed by atoms with Crippen LogP contribution in [0.1, 0.15) is 18.1 Å². The van der Waals surface area contributed by atoms with Crippen LogP contribution in [0.4, 0.5) is 0 Å². The summed E-state index contributed by atoms with van der Waals surface area (Å²) in [4.78, 5) is 14.6. The summed E-state index contributed by atoms with van der Waals surface area (Å²) >= 11 is 0. The fraction of sp³-hybridized carbons (Fsp3) is 0.400. The molecule has 2 N–H and O–H groups in total. The Hall–Kier alpha value is -1.42. The molecule has 1 unspecified atom stereocenters. The molecule has 0 aliphatic rings. The lowest BCUT2D eigenvalue weighted by Crippen LogP contribution is -2.37. The SMILES string of the molecule is Cc1ccncc1CC(C)(O)C(=O)O. The summed E-state index contributed by atoms with van der Waals surface area (Å²) < 4.78 is 0. The first kappa shape index (κ1) is 10.7. The van der Waals surface area contributed by atoms with Gasteiger partial charge >= 0.3 is 5.97 Å². The Morgan fingerprint density at radius 1 is 1.64 bits per heavy atom. The van der Waals surface area contributed by atoms with Crippen LogP contribution < -0.4 is 0 Å². The first-order valence-electron chi connectivity index (χ1n) is 4.29. The lowest BCUT2D eigenvalue weighted by molar-refractivity contribution is -0.156. The molecule has 0 radical (unpaired) electrons. The molecule has 1 rings (SSSR count). The van der Waals surface area contributed by atoms with Crippen molar-refractivity contribution in [2.75, 3.05) is 0 Å². The van der Waals surface area contributed by atoms with Crippen LogP contribution in [-0.2, 0) is 11.2 Å². The van der Waals surface area contributed by atoms with Gasteiger partial charge in [-0.05, 0) is 31.0 Å². The van der Waals surface area contributed by atoms with Crippen molar-refractivity contribution in [3.63, 3.8) is 0 Å². The van der Waals surface area contributed by atoms with E-state index in [1.807, 2.05) is 6.92 Å². The van der Waals surface area contributed by atoms with Gasteiger partial charge in [-0.15, -0.1) is 0 Å². The number of aryl methyl sites for hydroxylation is 1. The number of aliphatic carboxylic acids is 1. The van der Waals surface area contributed by atoms with Crippen molar-refractivity contribution in [1.29, 1.82) is 0 Å². The molecule has 76 valence electrons. The molecule has 0 spiro atoms. The van der Waals surface area contributed by atoms with E-state index in [4.69, 9.17) is 5.11 Å². The highest BCUT2D eigenvalue weighted by Gasteiger charge is 2.30. The van der Waals surface area contributed by atoms with Crippen molar-refractivity contribution in [3.05, 3.63) is 29.6 Å². The van der Waals surface area contributed by atoms with Crippen LogP contribution in [0.3, 0.4) is 0 Å². The van der Waals surface area contributed by atoms with Crippen LogP contribution in [0.25, 0.3) is 0 Å². The number of pyridine rings is 1. The van der Waals surface area contributed by atoms with Crippen LogP contribution in [0.5, 0.6) is 0 Å². The van der Waals surface area contributed by atoms with Gasteiger partial charge in [-0.3, -0.25) is 4.98 Å². The molecule has 0 amide bonds. The first-order chi connectivity index (χ1) is 6.43. The van der Waals surface area contributed by atoms with E-state index >= 15 is 0 Å². The van der Waals surface area contributed by atoms with Crippen molar-refractivity contribution in [3.8, 4) is 0 Å². The van der Waals surface area contributed by atoms with Gasteiger partial charge in [0.05, 0.1) is 0 Å². The number of aliphatic hydroxyl groups is 1. The zero-order chi connectivity index (χ0) is 10.8. The Labute approximate surface area is 82.2 Å². The summed E-state index contributed by atoms with van der Waals surface area (Å²) in [7, 11) is 0. The summed E-state index contributed by atoms with van der Waals surface area (Å²) in [6, 6.07) is 1.78. The molecular formula is C10H13NO3. The van der Waals surface area contributed by atoms with Gasteiger partial charge < -0.3 is 10.2 Å². The van der Waals surface area contributed by atoms with Gasteiger partial charge in [0.25, 0.3) is 0 Å². The highest BCUT2D eigenvalue weighted by molar-refractivity contribution is 5.77. The van der Waals surface area contributed by atoms with E-state index in [1.54, 1.807) is 18.5 Å². The molecule has 0 bridgehead atoms. The molecule has 4 heteroatoms. The molecule has 1 atom stereocenters. The van der Waals surface area contributed by atoms with E-state index in [9.17, 15) is 9.90 Å². The fourth-order valence-electron chi connectivity index (χ4n) is 1.13. The molecular weight excluding hydrogens is 182 g/mol. The zero-order valence-corrected chi connectivity index (χ0v) is 8.19. The number of aromatic nitrogens is 1. The summed E-state index contributed by atoms with van der Waals surface area (Å²) in [5.74, 6) is -1.22. The maximum atomic E-state index is 10.7. The number of hydrogen-bond acceptors (Lipinski definition) is 3. The average molecular weight is 195 g/mol. The molecule has 0 saturated heterocycles. The van der Waals surface area contributed by atoms with Gasteiger partial charge in [0.15, 0.2) is 5.60 Å². The second-order valence-electron chi connectivity index (χ2n) is 3.56. The Morgan fingerprint density at radius 2 is 2.29 bits per heavy atom. The number of nitrogens with zero attached hydrogens (tertiary/aromatic N) is 1. The smallest absolute Gasteiger partial charge is 0.335 e. The number of carbonyl (C=O) groups is 1. The van der Waals surface area contributed by atoms with Crippen LogP contribution in [-0.4, -0.2) is 26.8 Å². The quantitative estimate of drug-likeness (QED) is 0.747. The fourth-order valence-corrected chi connectivity index (χ4v) is 1.13. The molecule has 0 fully saturated rings. The first-order valence-corrected chi connectivity index (χ1v) is 4.29. The van der Waals surface area contributed by atoms with Gasteiger partial charge in [0, 0.05) is 18.8 Å². The second-order valence-corrected chi connectivity index (χ2v) is 3.56. The molecule has 0 saturated carbocycles. The highest BCUT2D eigenvalue weighted by atomic mass is 16.4. The van der Waals surface area contributed by atoms with Crippen molar-refractivity contribution in [1.82, 2.24) is 4.98 Å². The van der Waals surface area contributed by atoms with Crippen molar-refractivity contribution in [2.24, 2.45) is 0 Å². The van der Waals surface area contributed by atoms with E-state index in [1.165, 1.54) is 6.92 Å². The summed E-state index contributed by atoms with van der Waals surface area (Å²) in [6.07, 6.45) is 3.28. The molecule has 4 nitrogen and oxygen atoms in total. The Morgan fingerprint density at radius 3 is 2.79 bits per heavy atom. The minimum absolute atomic E-state index is 0.0714. The summed E-state index contributed by atoms with van der Waals surface area (Å²) in [6.45, 7) is 3.14.